The Morgan fingerprint density at radius 3 is 2.53 bits per heavy atom. The molecule has 0 bridgehead atoms. The second kappa shape index (κ2) is 5.69. The molecule has 0 aliphatic rings. The van der Waals surface area contributed by atoms with E-state index in [0.29, 0.717) is 35.1 Å². The number of carbonyl (C=O) groups excluding carboxylic acids is 1. The normalized spacial score (nSPS) is 10.6. The first-order valence-corrected chi connectivity index (χ1v) is 6.50. The van der Waals surface area contributed by atoms with Crippen molar-refractivity contribution in [3.8, 4) is 0 Å². The molecule has 0 saturated heterocycles. The molecule has 1 N–H and O–H groups in total. The summed E-state index contributed by atoms with van der Waals surface area (Å²) < 4.78 is 5.10. The summed E-state index contributed by atoms with van der Waals surface area (Å²) in [5.41, 5.74) is 0.982. The Morgan fingerprint density at radius 2 is 1.89 bits per heavy atom. The van der Waals surface area contributed by atoms with Crippen LogP contribution in [-0.4, -0.2) is 17.6 Å². The van der Waals surface area contributed by atoms with Gasteiger partial charge in [0.15, 0.2) is 0 Å². The van der Waals surface area contributed by atoms with Gasteiger partial charge in [-0.05, 0) is 19.4 Å². The van der Waals surface area contributed by atoms with E-state index in [1.807, 2.05) is 13.0 Å². The number of aromatic amines is 1. The van der Waals surface area contributed by atoms with Crippen molar-refractivity contribution in [2.45, 2.75) is 26.7 Å². The fourth-order valence-electron chi connectivity index (χ4n) is 2.20. The van der Waals surface area contributed by atoms with Crippen LogP contribution >= 0.6 is 0 Å². The lowest BCUT2D eigenvalue weighted by atomic mass is 10.0. The lowest BCUT2D eigenvalue weighted by molar-refractivity contribution is 0.0527. The van der Waals surface area contributed by atoms with Crippen molar-refractivity contribution in [3.63, 3.8) is 0 Å². The molecule has 4 heteroatoms. The molecule has 0 aliphatic carbocycles. The van der Waals surface area contributed by atoms with Crippen LogP contribution in [0.4, 0.5) is 0 Å². The average Bonchev–Trinajstić information content (AvgIpc) is 2.39. The van der Waals surface area contributed by atoms with E-state index in [2.05, 4.69) is 4.98 Å². The van der Waals surface area contributed by atoms with Gasteiger partial charge in [-0.1, -0.05) is 31.5 Å². The zero-order valence-electron chi connectivity index (χ0n) is 11.2. The third-order valence-corrected chi connectivity index (χ3v) is 2.99. The zero-order chi connectivity index (χ0) is 13.8. The molecule has 19 heavy (non-hydrogen) atoms. The molecule has 4 nitrogen and oxygen atoms in total. The Labute approximate surface area is 111 Å². The fraction of sp³-hybridized carbons (Fsp3) is 0.333. The van der Waals surface area contributed by atoms with E-state index in [9.17, 15) is 9.59 Å². The Bertz CT molecular complexity index is 658. The number of carbonyl (C=O) groups is 1. The van der Waals surface area contributed by atoms with Crippen LogP contribution in [0.1, 0.15) is 36.3 Å². The zero-order valence-corrected chi connectivity index (χ0v) is 11.2. The minimum atomic E-state index is -0.376. The van der Waals surface area contributed by atoms with Crippen molar-refractivity contribution in [2.75, 3.05) is 6.61 Å². The number of hydrogen-bond acceptors (Lipinski definition) is 3. The first-order valence-electron chi connectivity index (χ1n) is 6.50. The number of fused-ring (bicyclic) bond motifs is 1. The molecule has 100 valence electrons. The summed E-state index contributed by atoms with van der Waals surface area (Å²) in [5.74, 6) is -0.376. The molecular weight excluding hydrogens is 242 g/mol. The van der Waals surface area contributed by atoms with Crippen molar-refractivity contribution in [1.82, 2.24) is 4.98 Å². The maximum Gasteiger partial charge on any atom is 0.340 e. The van der Waals surface area contributed by atoms with E-state index >= 15 is 0 Å². The van der Waals surface area contributed by atoms with Crippen LogP contribution in [0.25, 0.3) is 10.8 Å². The fourth-order valence-corrected chi connectivity index (χ4v) is 2.20. The number of H-pyrrole nitrogens is 1. The van der Waals surface area contributed by atoms with Crippen molar-refractivity contribution < 1.29 is 9.53 Å². The highest BCUT2D eigenvalue weighted by Crippen LogP contribution is 2.20. The summed E-state index contributed by atoms with van der Waals surface area (Å²) in [6, 6.07) is 7.11. The molecule has 1 aromatic heterocycles. The number of nitrogens with one attached hydrogen (secondary N) is 1. The largest absolute Gasteiger partial charge is 0.462 e. The predicted octanol–water partition coefficient (Wildman–Crippen LogP) is 2.66. The van der Waals surface area contributed by atoms with Crippen LogP contribution < -0.4 is 5.56 Å². The number of aryl methyl sites for hydroxylation is 1. The van der Waals surface area contributed by atoms with Gasteiger partial charge in [0.1, 0.15) is 0 Å². The van der Waals surface area contributed by atoms with Crippen molar-refractivity contribution in [3.05, 3.63) is 45.9 Å². The monoisotopic (exact) mass is 259 g/mol. The highest BCUT2D eigenvalue weighted by atomic mass is 16.5. The summed E-state index contributed by atoms with van der Waals surface area (Å²) in [5, 5.41) is 1.18. The number of benzene rings is 1. The standard InChI is InChI=1S/C15H17NO3/c1-3-7-12-13(15(18)19-4-2)10-8-5-6-9-11(10)14(17)16-12/h5-6,8-9H,3-4,7H2,1-2H3,(H,16,17). The van der Waals surface area contributed by atoms with Gasteiger partial charge in [0, 0.05) is 16.5 Å². The highest BCUT2D eigenvalue weighted by molar-refractivity contribution is 6.05. The Hall–Kier alpha value is -2.10. The molecule has 1 aromatic carbocycles. The van der Waals surface area contributed by atoms with Gasteiger partial charge < -0.3 is 9.72 Å². The van der Waals surface area contributed by atoms with Crippen LogP contribution in [0.15, 0.2) is 29.1 Å². The molecule has 0 aliphatic heterocycles. The summed E-state index contributed by atoms with van der Waals surface area (Å²) >= 11 is 0. The minimum absolute atomic E-state index is 0.160. The van der Waals surface area contributed by atoms with Crippen molar-refractivity contribution in [2.24, 2.45) is 0 Å². The molecule has 0 unspecified atom stereocenters. The number of aromatic nitrogens is 1. The van der Waals surface area contributed by atoms with Gasteiger partial charge in [-0.3, -0.25) is 4.79 Å². The van der Waals surface area contributed by atoms with Gasteiger partial charge in [-0.25, -0.2) is 4.79 Å². The lowest BCUT2D eigenvalue weighted by Crippen LogP contribution is -2.17. The van der Waals surface area contributed by atoms with Gasteiger partial charge >= 0.3 is 5.97 Å². The predicted molar refractivity (Wildman–Crippen MR) is 74.5 cm³/mol. The number of ether oxygens (including phenoxy) is 1. The summed E-state index contributed by atoms with van der Waals surface area (Å²) in [7, 11) is 0. The second-order valence-corrected chi connectivity index (χ2v) is 4.32. The molecular formula is C15H17NO3. The van der Waals surface area contributed by atoms with E-state index in [1.54, 1.807) is 25.1 Å². The van der Waals surface area contributed by atoms with Crippen LogP contribution in [0.5, 0.6) is 0 Å². The van der Waals surface area contributed by atoms with E-state index in [4.69, 9.17) is 4.74 Å². The SMILES string of the molecule is CCCc1[nH]c(=O)c2ccccc2c1C(=O)OCC. The first-order chi connectivity index (χ1) is 9.19. The molecule has 0 fully saturated rings. The first kappa shape index (κ1) is 13.3. The van der Waals surface area contributed by atoms with Gasteiger partial charge in [0.05, 0.1) is 12.2 Å². The molecule has 0 spiro atoms. The van der Waals surface area contributed by atoms with Gasteiger partial charge in [0.25, 0.3) is 5.56 Å². The summed E-state index contributed by atoms with van der Waals surface area (Å²) in [6.45, 7) is 4.09. The molecule has 0 saturated carbocycles. The maximum atomic E-state index is 12.1. The van der Waals surface area contributed by atoms with Crippen LogP contribution in [0.2, 0.25) is 0 Å². The number of pyridine rings is 1. The highest BCUT2D eigenvalue weighted by Gasteiger charge is 2.18. The van der Waals surface area contributed by atoms with E-state index in [0.717, 1.165) is 6.42 Å². The Kier molecular flexibility index (Phi) is 4.00. The van der Waals surface area contributed by atoms with E-state index < -0.39 is 0 Å². The number of rotatable bonds is 4. The smallest absolute Gasteiger partial charge is 0.340 e. The Morgan fingerprint density at radius 1 is 1.21 bits per heavy atom. The molecule has 0 atom stereocenters. The van der Waals surface area contributed by atoms with Crippen molar-refractivity contribution >= 4 is 16.7 Å². The number of esters is 1. The average molecular weight is 259 g/mol. The summed E-state index contributed by atoms with van der Waals surface area (Å²) in [4.78, 5) is 26.9. The Balaban J connectivity index is 2.75. The van der Waals surface area contributed by atoms with Crippen LogP contribution in [0.3, 0.4) is 0 Å². The maximum absolute atomic E-state index is 12.1. The third kappa shape index (κ3) is 2.52. The second-order valence-electron chi connectivity index (χ2n) is 4.32. The van der Waals surface area contributed by atoms with Gasteiger partial charge in [-0.2, -0.15) is 0 Å². The molecule has 2 aromatic rings. The summed E-state index contributed by atoms with van der Waals surface area (Å²) in [6.07, 6.45) is 1.49. The van der Waals surface area contributed by atoms with Crippen LogP contribution in [-0.2, 0) is 11.2 Å². The topological polar surface area (TPSA) is 59.2 Å². The van der Waals surface area contributed by atoms with Gasteiger partial charge in [0.2, 0.25) is 0 Å². The van der Waals surface area contributed by atoms with Gasteiger partial charge in [-0.15, -0.1) is 0 Å². The molecule has 0 radical (unpaired) electrons. The molecule has 0 amide bonds. The minimum Gasteiger partial charge on any atom is -0.462 e. The third-order valence-electron chi connectivity index (χ3n) is 2.99. The van der Waals surface area contributed by atoms with E-state index in [1.165, 1.54) is 0 Å². The number of hydrogen-bond donors (Lipinski definition) is 1. The molecule has 2 rings (SSSR count). The van der Waals surface area contributed by atoms with Crippen molar-refractivity contribution in [1.29, 1.82) is 0 Å². The van der Waals surface area contributed by atoms with E-state index in [-0.39, 0.29) is 11.5 Å². The quantitative estimate of drug-likeness (QED) is 0.859. The lowest BCUT2D eigenvalue weighted by Gasteiger charge is -2.11. The van der Waals surface area contributed by atoms with Crippen LogP contribution in [0, 0.1) is 0 Å². The molecule has 1 heterocycles.